The Kier molecular flexibility index (Phi) is 6.36. The van der Waals surface area contributed by atoms with Gasteiger partial charge in [-0.3, -0.25) is 4.79 Å². The summed E-state index contributed by atoms with van der Waals surface area (Å²) in [5.41, 5.74) is 1.82. The van der Waals surface area contributed by atoms with Crippen LogP contribution in [0.15, 0.2) is 41.1 Å². The fourth-order valence-electron chi connectivity index (χ4n) is 2.30. The van der Waals surface area contributed by atoms with E-state index < -0.39 is 0 Å². The van der Waals surface area contributed by atoms with E-state index in [1.807, 2.05) is 38.1 Å². The molecule has 0 saturated heterocycles. The van der Waals surface area contributed by atoms with Gasteiger partial charge in [0, 0.05) is 18.3 Å². The normalized spacial score (nSPS) is 10.2. The average Bonchev–Trinajstić information content (AvgIpc) is 3.07. The van der Waals surface area contributed by atoms with Crippen LogP contribution in [0.25, 0.3) is 0 Å². The molecule has 0 radical (unpaired) electrons. The number of para-hydroxylation sites is 1. The largest absolute Gasteiger partial charge is 0.363 e. The summed E-state index contributed by atoms with van der Waals surface area (Å²) in [6.07, 6.45) is 2.94. The predicted octanol–water partition coefficient (Wildman–Crippen LogP) is 3.12. The smallest absolute Gasteiger partial charge is 0.322 e. The molecular formula is C17H22N4O3. The van der Waals surface area contributed by atoms with Gasteiger partial charge in [0.1, 0.15) is 12.8 Å². The molecule has 0 aliphatic carbocycles. The van der Waals surface area contributed by atoms with Crippen molar-refractivity contribution in [3.8, 4) is 0 Å². The van der Waals surface area contributed by atoms with E-state index in [1.54, 1.807) is 6.07 Å². The van der Waals surface area contributed by atoms with Crippen molar-refractivity contribution in [3.63, 3.8) is 0 Å². The van der Waals surface area contributed by atoms with Crippen molar-refractivity contribution < 1.29 is 14.1 Å². The van der Waals surface area contributed by atoms with Crippen molar-refractivity contribution >= 4 is 23.4 Å². The minimum absolute atomic E-state index is 0.0547. The summed E-state index contributed by atoms with van der Waals surface area (Å²) in [4.78, 5) is 26.0. The topological polar surface area (TPSA) is 87.5 Å². The molecule has 0 saturated carbocycles. The van der Waals surface area contributed by atoms with Crippen LogP contribution >= 0.6 is 0 Å². The number of amides is 3. The van der Waals surface area contributed by atoms with Gasteiger partial charge in [0.05, 0.1) is 0 Å². The molecule has 24 heavy (non-hydrogen) atoms. The molecule has 0 bridgehead atoms. The van der Waals surface area contributed by atoms with E-state index in [0.717, 1.165) is 24.1 Å². The van der Waals surface area contributed by atoms with Crippen LogP contribution in [-0.2, 0) is 11.2 Å². The third kappa shape index (κ3) is 4.84. The molecule has 0 fully saturated rings. The van der Waals surface area contributed by atoms with Gasteiger partial charge < -0.3 is 20.1 Å². The van der Waals surface area contributed by atoms with Crippen LogP contribution in [-0.4, -0.2) is 35.1 Å². The van der Waals surface area contributed by atoms with Crippen LogP contribution in [0.2, 0.25) is 0 Å². The summed E-state index contributed by atoms with van der Waals surface area (Å²) >= 11 is 0. The molecule has 1 aromatic heterocycles. The Morgan fingerprint density at radius 1 is 1.17 bits per heavy atom. The fraction of sp³-hybridized carbons (Fsp3) is 0.353. The predicted molar refractivity (Wildman–Crippen MR) is 91.8 cm³/mol. The minimum atomic E-state index is -0.323. The van der Waals surface area contributed by atoms with Gasteiger partial charge in [-0.05, 0) is 24.5 Å². The van der Waals surface area contributed by atoms with Crippen molar-refractivity contribution in [2.75, 3.05) is 23.7 Å². The molecule has 0 unspecified atom stereocenters. The second-order valence-corrected chi connectivity index (χ2v) is 5.30. The van der Waals surface area contributed by atoms with Crippen LogP contribution in [0.5, 0.6) is 0 Å². The Hall–Kier alpha value is -2.83. The van der Waals surface area contributed by atoms with Crippen molar-refractivity contribution in [2.45, 2.75) is 26.7 Å². The summed E-state index contributed by atoms with van der Waals surface area (Å²) in [5, 5.41) is 9.09. The number of carbonyl (C=O) groups excluding carboxylic acids is 2. The zero-order valence-electron chi connectivity index (χ0n) is 13.9. The van der Waals surface area contributed by atoms with Gasteiger partial charge in [-0.25, -0.2) is 4.79 Å². The number of benzene rings is 1. The van der Waals surface area contributed by atoms with Crippen LogP contribution in [0.1, 0.15) is 25.8 Å². The molecule has 2 N–H and O–H groups in total. The van der Waals surface area contributed by atoms with E-state index >= 15 is 0 Å². The first-order valence-electron chi connectivity index (χ1n) is 7.98. The number of carbonyl (C=O) groups is 2. The van der Waals surface area contributed by atoms with Gasteiger partial charge in [-0.2, -0.15) is 0 Å². The van der Waals surface area contributed by atoms with E-state index in [4.69, 9.17) is 0 Å². The van der Waals surface area contributed by atoms with E-state index in [0.29, 0.717) is 12.4 Å². The van der Waals surface area contributed by atoms with E-state index in [-0.39, 0.29) is 18.5 Å². The Morgan fingerprint density at radius 2 is 1.96 bits per heavy atom. The SMILES string of the molecule is CCCN(CC(=O)Nc1ccon1)C(=O)Nc1ccccc1CC. The third-order valence-electron chi connectivity index (χ3n) is 3.46. The Bertz CT molecular complexity index is 670. The summed E-state index contributed by atoms with van der Waals surface area (Å²) in [6, 6.07) is 8.88. The maximum atomic E-state index is 12.5. The lowest BCUT2D eigenvalue weighted by atomic mass is 10.1. The lowest BCUT2D eigenvalue weighted by Gasteiger charge is -2.22. The molecule has 1 aromatic carbocycles. The van der Waals surface area contributed by atoms with Gasteiger partial charge in [-0.15, -0.1) is 0 Å². The Labute approximate surface area is 141 Å². The molecule has 0 aliphatic heterocycles. The summed E-state index contributed by atoms with van der Waals surface area (Å²) in [6.45, 7) is 4.41. The van der Waals surface area contributed by atoms with Gasteiger partial charge in [0.2, 0.25) is 5.91 Å². The minimum Gasteiger partial charge on any atom is -0.363 e. The highest BCUT2D eigenvalue weighted by molar-refractivity contribution is 5.96. The molecule has 0 spiro atoms. The number of urea groups is 1. The first-order valence-corrected chi connectivity index (χ1v) is 7.98. The Balaban J connectivity index is 2.00. The number of aryl methyl sites for hydroxylation is 1. The highest BCUT2D eigenvalue weighted by atomic mass is 16.5. The van der Waals surface area contributed by atoms with E-state index in [2.05, 4.69) is 20.3 Å². The fourth-order valence-corrected chi connectivity index (χ4v) is 2.30. The number of aromatic nitrogens is 1. The Morgan fingerprint density at radius 3 is 2.62 bits per heavy atom. The molecule has 0 aliphatic rings. The summed E-state index contributed by atoms with van der Waals surface area (Å²) in [5.74, 6) is 0.00413. The maximum Gasteiger partial charge on any atom is 0.322 e. The maximum absolute atomic E-state index is 12.5. The lowest BCUT2D eigenvalue weighted by molar-refractivity contribution is -0.116. The second-order valence-electron chi connectivity index (χ2n) is 5.30. The van der Waals surface area contributed by atoms with Crippen molar-refractivity contribution in [2.24, 2.45) is 0 Å². The lowest BCUT2D eigenvalue weighted by Crippen LogP contribution is -2.41. The number of nitrogens with zero attached hydrogens (tertiary/aromatic N) is 2. The number of nitrogens with one attached hydrogen (secondary N) is 2. The van der Waals surface area contributed by atoms with Gasteiger partial charge in [0.15, 0.2) is 5.82 Å². The number of rotatable bonds is 7. The molecular weight excluding hydrogens is 308 g/mol. The molecule has 2 rings (SSSR count). The zero-order chi connectivity index (χ0) is 17.4. The first-order chi connectivity index (χ1) is 11.6. The monoisotopic (exact) mass is 330 g/mol. The molecule has 3 amide bonds. The third-order valence-corrected chi connectivity index (χ3v) is 3.46. The van der Waals surface area contributed by atoms with Crippen LogP contribution in [0, 0.1) is 0 Å². The van der Waals surface area contributed by atoms with Crippen molar-refractivity contribution in [1.29, 1.82) is 0 Å². The van der Waals surface area contributed by atoms with E-state index in [9.17, 15) is 9.59 Å². The molecule has 0 atom stereocenters. The number of hydrogen-bond acceptors (Lipinski definition) is 4. The van der Waals surface area contributed by atoms with Gasteiger partial charge in [0.25, 0.3) is 0 Å². The first kappa shape index (κ1) is 17.5. The number of anilines is 2. The van der Waals surface area contributed by atoms with Crippen LogP contribution in [0.4, 0.5) is 16.3 Å². The molecule has 7 heteroatoms. The van der Waals surface area contributed by atoms with Gasteiger partial charge in [-0.1, -0.05) is 37.2 Å². The quantitative estimate of drug-likeness (QED) is 0.816. The highest BCUT2D eigenvalue weighted by Gasteiger charge is 2.18. The zero-order valence-corrected chi connectivity index (χ0v) is 13.9. The van der Waals surface area contributed by atoms with Crippen molar-refractivity contribution in [3.05, 3.63) is 42.2 Å². The van der Waals surface area contributed by atoms with E-state index in [1.165, 1.54) is 11.2 Å². The number of hydrogen-bond donors (Lipinski definition) is 2. The van der Waals surface area contributed by atoms with Crippen LogP contribution < -0.4 is 10.6 Å². The summed E-state index contributed by atoms with van der Waals surface area (Å²) < 4.78 is 4.66. The molecule has 2 aromatic rings. The van der Waals surface area contributed by atoms with Crippen LogP contribution in [0.3, 0.4) is 0 Å². The second kappa shape index (κ2) is 8.71. The molecule has 7 nitrogen and oxygen atoms in total. The molecule has 128 valence electrons. The standard InChI is InChI=1S/C17H22N4O3/c1-3-10-21(12-16(22)19-15-9-11-24-20-15)17(23)18-14-8-6-5-7-13(14)4-2/h5-9,11H,3-4,10,12H2,1-2H3,(H,18,23)(H,19,20,22). The molecule has 1 heterocycles. The average molecular weight is 330 g/mol. The van der Waals surface area contributed by atoms with Gasteiger partial charge >= 0.3 is 6.03 Å². The van der Waals surface area contributed by atoms with Crippen molar-refractivity contribution in [1.82, 2.24) is 10.1 Å². The summed E-state index contributed by atoms with van der Waals surface area (Å²) in [7, 11) is 0. The highest BCUT2D eigenvalue weighted by Crippen LogP contribution is 2.16.